The number of rotatable bonds is 3. The van der Waals surface area contributed by atoms with Crippen molar-refractivity contribution < 1.29 is 0 Å². The van der Waals surface area contributed by atoms with E-state index < -0.39 is 0 Å². The molecule has 0 saturated carbocycles. The summed E-state index contributed by atoms with van der Waals surface area (Å²) in [6.07, 6.45) is 5.25. The first-order chi connectivity index (χ1) is 11.0. The van der Waals surface area contributed by atoms with Crippen LogP contribution in [0.1, 0.15) is 5.69 Å². The highest BCUT2D eigenvalue weighted by Crippen LogP contribution is 2.32. The van der Waals surface area contributed by atoms with Crippen LogP contribution in [-0.4, -0.2) is 25.3 Å². The molecule has 0 aliphatic carbocycles. The number of fused-ring (bicyclic) bond motifs is 1. The summed E-state index contributed by atoms with van der Waals surface area (Å²) in [5.74, 6) is 2.91. The van der Waals surface area contributed by atoms with Crippen LogP contribution in [0.25, 0.3) is 16.8 Å². The largest absolute Gasteiger partial charge is 0.350 e. The van der Waals surface area contributed by atoms with Crippen molar-refractivity contribution in [3.63, 3.8) is 0 Å². The van der Waals surface area contributed by atoms with Crippen LogP contribution in [0, 0.1) is 19.3 Å². The Bertz CT molecular complexity index is 1000. The van der Waals surface area contributed by atoms with E-state index in [1.165, 1.54) is 16.3 Å². The second kappa shape index (κ2) is 6.28. The molecule has 0 atom stereocenters. The van der Waals surface area contributed by atoms with Crippen molar-refractivity contribution in [1.82, 2.24) is 19.6 Å². The molecule has 0 fully saturated rings. The second-order valence-corrected chi connectivity index (χ2v) is 6.44. The first kappa shape index (κ1) is 15.9. The normalized spacial score (nSPS) is 10.9. The van der Waals surface area contributed by atoms with Crippen LogP contribution < -0.4 is 5.69 Å². The van der Waals surface area contributed by atoms with E-state index in [1.54, 1.807) is 19.1 Å². The number of benzene rings is 1. The molecule has 0 aliphatic heterocycles. The molecule has 8 heteroatoms. The van der Waals surface area contributed by atoms with Crippen molar-refractivity contribution in [1.29, 1.82) is 0 Å². The van der Waals surface area contributed by atoms with Crippen LogP contribution in [0.3, 0.4) is 0 Å². The number of aryl methyl sites for hydroxylation is 1. The predicted molar refractivity (Wildman–Crippen MR) is 93.4 cm³/mol. The van der Waals surface area contributed by atoms with Gasteiger partial charge in [0.05, 0.1) is 21.5 Å². The molecule has 0 radical (unpaired) electrons. The molecule has 2 aromatic heterocycles. The smallest absolute Gasteiger partial charge is 0.285 e. The Morgan fingerprint density at radius 1 is 1.39 bits per heavy atom. The fourth-order valence-electron chi connectivity index (χ4n) is 2.20. The molecule has 1 aromatic carbocycles. The third-order valence-corrected chi connectivity index (χ3v) is 4.67. The second-order valence-electron chi connectivity index (χ2n) is 4.66. The molecular formula is C15H10Cl2N4OS. The Hall–Kier alpha value is -1.94. The van der Waals surface area contributed by atoms with E-state index in [2.05, 4.69) is 21.0 Å². The molecule has 2 heterocycles. The zero-order valence-electron chi connectivity index (χ0n) is 11.9. The van der Waals surface area contributed by atoms with Gasteiger partial charge < -0.3 is 0 Å². The number of terminal acetylenes is 1. The van der Waals surface area contributed by atoms with Gasteiger partial charge in [-0.05, 0) is 24.6 Å². The van der Waals surface area contributed by atoms with Crippen LogP contribution in [-0.2, 0) is 0 Å². The molecule has 0 spiro atoms. The van der Waals surface area contributed by atoms with Gasteiger partial charge in [0.1, 0.15) is 0 Å². The molecule has 116 valence electrons. The summed E-state index contributed by atoms with van der Waals surface area (Å²) in [6.45, 7) is 1.81. The zero-order chi connectivity index (χ0) is 16.6. The Labute approximate surface area is 146 Å². The molecule has 5 nitrogen and oxygen atoms in total. The fourth-order valence-corrected chi connectivity index (χ4v) is 3.03. The molecule has 1 N–H and O–H groups in total. The number of nitrogens with one attached hydrogen (secondary N) is 1. The van der Waals surface area contributed by atoms with Crippen LogP contribution in [0.5, 0.6) is 0 Å². The summed E-state index contributed by atoms with van der Waals surface area (Å²) in [5, 5.41) is 5.58. The lowest BCUT2D eigenvalue weighted by molar-refractivity contribution is 0.780. The van der Waals surface area contributed by atoms with Gasteiger partial charge >= 0.3 is 5.69 Å². The van der Waals surface area contributed by atoms with Crippen LogP contribution in [0.4, 0.5) is 0 Å². The van der Waals surface area contributed by atoms with Crippen molar-refractivity contribution in [2.75, 3.05) is 5.75 Å². The van der Waals surface area contributed by atoms with Gasteiger partial charge in [-0.15, -0.1) is 6.42 Å². The van der Waals surface area contributed by atoms with E-state index in [-0.39, 0.29) is 5.69 Å². The summed E-state index contributed by atoms with van der Waals surface area (Å²) in [4.78, 5) is 19.3. The van der Waals surface area contributed by atoms with E-state index in [1.807, 2.05) is 6.07 Å². The highest BCUT2D eigenvalue weighted by atomic mass is 35.5. The van der Waals surface area contributed by atoms with Gasteiger partial charge in [0.15, 0.2) is 10.8 Å². The molecule has 0 bridgehead atoms. The zero-order valence-corrected chi connectivity index (χ0v) is 14.3. The van der Waals surface area contributed by atoms with Crippen LogP contribution >= 0.6 is 35.0 Å². The first-order valence-electron chi connectivity index (χ1n) is 6.52. The number of H-pyrrole nitrogens is 1. The standard InChI is InChI=1S/C15H10Cl2N4OS/c1-3-6-23-14-18-13-12(8(2)20-21(13)15(22)19-14)9-4-5-10(16)11(17)7-9/h1,4-5,7H,6H2,2H3,(H,18,19,22). The maximum absolute atomic E-state index is 12.2. The van der Waals surface area contributed by atoms with Gasteiger partial charge in [-0.1, -0.05) is 47.0 Å². The summed E-state index contributed by atoms with van der Waals surface area (Å²) in [6, 6.07) is 5.24. The molecule has 0 amide bonds. The summed E-state index contributed by atoms with van der Waals surface area (Å²) in [5.41, 5.74) is 2.27. The van der Waals surface area contributed by atoms with Crippen molar-refractivity contribution in [2.24, 2.45) is 0 Å². The lowest BCUT2D eigenvalue weighted by atomic mass is 10.1. The number of thioether (sulfide) groups is 1. The first-order valence-corrected chi connectivity index (χ1v) is 8.26. The van der Waals surface area contributed by atoms with Crippen LogP contribution in [0.15, 0.2) is 28.2 Å². The van der Waals surface area contributed by atoms with Crippen molar-refractivity contribution >= 4 is 40.6 Å². The lowest BCUT2D eigenvalue weighted by Gasteiger charge is -2.03. The van der Waals surface area contributed by atoms with E-state index in [4.69, 9.17) is 29.6 Å². The summed E-state index contributed by atoms with van der Waals surface area (Å²) < 4.78 is 1.23. The van der Waals surface area contributed by atoms with E-state index in [0.717, 1.165) is 11.1 Å². The Balaban J connectivity index is 2.25. The van der Waals surface area contributed by atoms with E-state index >= 15 is 0 Å². The number of nitrogens with zero attached hydrogens (tertiary/aromatic N) is 3. The van der Waals surface area contributed by atoms with Gasteiger partial charge in [0, 0.05) is 5.56 Å². The molecule has 3 rings (SSSR count). The third kappa shape index (κ3) is 2.95. The Morgan fingerprint density at radius 2 is 2.17 bits per heavy atom. The van der Waals surface area contributed by atoms with Crippen LogP contribution in [0.2, 0.25) is 10.0 Å². The Kier molecular flexibility index (Phi) is 4.35. The minimum absolute atomic E-state index is 0.371. The molecular weight excluding hydrogens is 355 g/mol. The molecule has 3 aromatic rings. The quantitative estimate of drug-likeness (QED) is 0.571. The Morgan fingerprint density at radius 3 is 2.87 bits per heavy atom. The minimum atomic E-state index is -0.371. The number of aromatic nitrogens is 4. The number of aromatic amines is 1. The van der Waals surface area contributed by atoms with Crippen molar-refractivity contribution in [2.45, 2.75) is 12.1 Å². The summed E-state index contributed by atoms with van der Waals surface area (Å²) >= 11 is 13.3. The lowest BCUT2D eigenvalue weighted by Crippen LogP contribution is -2.19. The van der Waals surface area contributed by atoms with Gasteiger partial charge in [-0.2, -0.15) is 9.61 Å². The van der Waals surface area contributed by atoms with Gasteiger partial charge in [0.2, 0.25) is 0 Å². The highest BCUT2D eigenvalue weighted by molar-refractivity contribution is 7.99. The van der Waals surface area contributed by atoms with Gasteiger partial charge in [-0.3, -0.25) is 4.98 Å². The van der Waals surface area contributed by atoms with E-state index in [9.17, 15) is 4.79 Å². The number of hydrogen-bond donors (Lipinski definition) is 1. The molecule has 0 unspecified atom stereocenters. The molecule has 23 heavy (non-hydrogen) atoms. The number of hydrogen-bond acceptors (Lipinski definition) is 4. The maximum Gasteiger partial charge on any atom is 0.350 e. The molecule has 0 saturated heterocycles. The predicted octanol–water partition coefficient (Wildman–Crippen LogP) is 3.43. The molecule has 0 aliphatic rings. The topological polar surface area (TPSA) is 63.1 Å². The average molecular weight is 365 g/mol. The minimum Gasteiger partial charge on any atom is -0.285 e. The van der Waals surface area contributed by atoms with Crippen molar-refractivity contribution in [3.05, 3.63) is 44.4 Å². The highest BCUT2D eigenvalue weighted by Gasteiger charge is 2.17. The monoisotopic (exact) mass is 364 g/mol. The maximum atomic E-state index is 12.2. The van der Waals surface area contributed by atoms with Crippen molar-refractivity contribution in [3.8, 4) is 23.5 Å². The SMILES string of the molecule is C#CCSc1nc2c(-c3ccc(Cl)c(Cl)c3)c(C)nn2c(=O)[nH]1. The average Bonchev–Trinajstić information content (AvgIpc) is 2.85. The number of halogens is 2. The van der Waals surface area contributed by atoms with Gasteiger partial charge in [0.25, 0.3) is 0 Å². The fraction of sp³-hybridized carbons (Fsp3) is 0.133. The van der Waals surface area contributed by atoms with Gasteiger partial charge in [-0.25, -0.2) is 9.78 Å². The third-order valence-electron chi connectivity index (χ3n) is 3.15. The van der Waals surface area contributed by atoms with E-state index in [0.29, 0.717) is 32.3 Å². The summed E-state index contributed by atoms with van der Waals surface area (Å²) in [7, 11) is 0.